The van der Waals surface area contributed by atoms with E-state index in [0.717, 1.165) is 5.56 Å². The van der Waals surface area contributed by atoms with E-state index in [4.69, 9.17) is 0 Å². The Morgan fingerprint density at radius 2 is 1.67 bits per heavy atom. The van der Waals surface area contributed by atoms with Gasteiger partial charge in [-0.15, -0.1) is 0 Å². The number of rotatable bonds is 7. The average Bonchev–Trinajstić information content (AvgIpc) is 2.45. The molecule has 1 atom stereocenters. The summed E-state index contributed by atoms with van der Waals surface area (Å²) in [4.78, 5) is 0. The third kappa shape index (κ3) is 3.55. The van der Waals surface area contributed by atoms with Gasteiger partial charge in [0.1, 0.15) is 0 Å². The van der Waals surface area contributed by atoms with Crippen molar-refractivity contribution in [3.05, 3.63) is 35.9 Å². The van der Waals surface area contributed by atoms with Crippen LogP contribution in [0.1, 0.15) is 39.2 Å². The molecule has 0 aromatic heterocycles. The van der Waals surface area contributed by atoms with Crippen molar-refractivity contribution in [2.24, 2.45) is 0 Å². The highest BCUT2D eigenvalue weighted by Gasteiger charge is 2.30. The van der Waals surface area contributed by atoms with Crippen molar-refractivity contribution in [3.8, 4) is 0 Å². The average molecular weight is 251 g/mol. The number of hydrogen-bond donors (Lipinski definition) is 3. The molecule has 0 radical (unpaired) electrons. The number of nitrogens with one attached hydrogen (secondary N) is 1. The summed E-state index contributed by atoms with van der Waals surface area (Å²) in [7, 11) is 0. The molecule has 0 spiro atoms. The van der Waals surface area contributed by atoms with Crippen LogP contribution in [0.25, 0.3) is 0 Å². The summed E-state index contributed by atoms with van der Waals surface area (Å²) in [5.74, 6) is 0. The fourth-order valence-electron chi connectivity index (χ4n) is 1.91. The van der Waals surface area contributed by atoms with E-state index in [2.05, 4.69) is 5.32 Å². The maximum atomic E-state index is 10.3. The lowest BCUT2D eigenvalue weighted by atomic mass is 9.90. The van der Waals surface area contributed by atoms with Crippen LogP contribution in [-0.4, -0.2) is 29.0 Å². The van der Waals surface area contributed by atoms with Gasteiger partial charge in [-0.25, -0.2) is 0 Å². The lowest BCUT2D eigenvalue weighted by Crippen LogP contribution is -2.50. The molecule has 0 fully saturated rings. The van der Waals surface area contributed by atoms with Crippen molar-refractivity contribution in [2.75, 3.05) is 13.2 Å². The van der Waals surface area contributed by atoms with Gasteiger partial charge in [-0.3, -0.25) is 0 Å². The summed E-state index contributed by atoms with van der Waals surface area (Å²) in [6.07, 6.45) is 1.40. The molecule has 3 nitrogen and oxygen atoms in total. The van der Waals surface area contributed by atoms with Gasteiger partial charge in [0.05, 0.1) is 17.7 Å². The van der Waals surface area contributed by atoms with Gasteiger partial charge in [0, 0.05) is 6.54 Å². The Bertz CT molecular complexity index is 349. The van der Waals surface area contributed by atoms with Crippen LogP contribution in [-0.2, 0) is 5.54 Å². The molecule has 102 valence electrons. The first kappa shape index (κ1) is 15.2. The summed E-state index contributed by atoms with van der Waals surface area (Å²) in [5.41, 5.74) is -0.188. The number of hydrogen-bond acceptors (Lipinski definition) is 3. The summed E-state index contributed by atoms with van der Waals surface area (Å²) in [6, 6.07) is 9.84. The molecular formula is C15H25NO2. The summed E-state index contributed by atoms with van der Waals surface area (Å²) in [6.45, 7) is 6.38. The van der Waals surface area contributed by atoms with Crippen LogP contribution < -0.4 is 5.32 Å². The fraction of sp³-hybridized carbons (Fsp3) is 0.600. The molecule has 0 aliphatic heterocycles. The van der Waals surface area contributed by atoms with Gasteiger partial charge in [-0.05, 0) is 25.3 Å². The maximum absolute atomic E-state index is 10.3. The van der Waals surface area contributed by atoms with Crippen molar-refractivity contribution in [3.63, 3.8) is 0 Å². The molecule has 0 saturated carbocycles. The smallest absolute Gasteiger partial charge is 0.0766 e. The molecule has 0 bridgehead atoms. The maximum Gasteiger partial charge on any atom is 0.0766 e. The van der Waals surface area contributed by atoms with Gasteiger partial charge >= 0.3 is 0 Å². The van der Waals surface area contributed by atoms with E-state index in [1.165, 1.54) is 0 Å². The van der Waals surface area contributed by atoms with Crippen LogP contribution in [0.4, 0.5) is 0 Å². The second-order valence-corrected chi connectivity index (χ2v) is 5.14. The molecular weight excluding hydrogens is 226 g/mol. The minimum absolute atomic E-state index is 0.000518. The van der Waals surface area contributed by atoms with Crippen LogP contribution in [0.2, 0.25) is 0 Å². The van der Waals surface area contributed by atoms with Crippen molar-refractivity contribution in [1.82, 2.24) is 5.32 Å². The lowest BCUT2D eigenvalue weighted by Gasteiger charge is -2.34. The van der Waals surface area contributed by atoms with Crippen molar-refractivity contribution < 1.29 is 10.2 Å². The zero-order valence-electron chi connectivity index (χ0n) is 11.6. The van der Waals surface area contributed by atoms with E-state index in [1.54, 1.807) is 0 Å². The zero-order valence-corrected chi connectivity index (χ0v) is 11.6. The molecule has 0 amide bonds. The van der Waals surface area contributed by atoms with Crippen molar-refractivity contribution >= 4 is 0 Å². The zero-order chi connectivity index (χ0) is 13.6. The first-order valence-electron chi connectivity index (χ1n) is 6.63. The second-order valence-electron chi connectivity index (χ2n) is 5.14. The third-order valence-corrected chi connectivity index (χ3v) is 3.85. The van der Waals surface area contributed by atoms with Gasteiger partial charge in [0.2, 0.25) is 0 Å². The minimum atomic E-state index is -0.703. The largest absolute Gasteiger partial charge is 0.394 e. The Balaban J connectivity index is 2.78. The van der Waals surface area contributed by atoms with E-state index in [-0.39, 0.29) is 6.61 Å². The Morgan fingerprint density at radius 3 is 2.11 bits per heavy atom. The summed E-state index contributed by atoms with van der Waals surface area (Å²) >= 11 is 0. The minimum Gasteiger partial charge on any atom is -0.394 e. The van der Waals surface area contributed by atoms with E-state index in [9.17, 15) is 10.2 Å². The highest BCUT2D eigenvalue weighted by atomic mass is 16.3. The Hall–Kier alpha value is -0.900. The third-order valence-electron chi connectivity index (χ3n) is 3.85. The van der Waals surface area contributed by atoms with Crippen LogP contribution in [0.5, 0.6) is 0 Å². The monoisotopic (exact) mass is 251 g/mol. The van der Waals surface area contributed by atoms with Gasteiger partial charge in [-0.2, -0.15) is 0 Å². The highest BCUT2D eigenvalue weighted by Crippen LogP contribution is 2.22. The molecule has 3 N–H and O–H groups in total. The molecule has 1 rings (SSSR count). The normalized spacial score (nSPS) is 15.4. The van der Waals surface area contributed by atoms with E-state index in [0.29, 0.717) is 19.4 Å². The van der Waals surface area contributed by atoms with E-state index >= 15 is 0 Å². The molecule has 0 aliphatic rings. The highest BCUT2D eigenvalue weighted by molar-refractivity contribution is 5.23. The number of aliphatic hydroxyl groups is 2. The van der Waals surface area contributed by atoms with E-state index < -0.39 is 11.1 Å². The Kier molecular flexibility index (Phi) is 5.32. The SMILES string of the molecule is CCC(O)(CC)CNC(C)(CO)c1ccccc1. The quantitative estimate of drug-likeness (QED) is 0.695. The second kappa shape index (κ2) is 6.32. The van der Waals surface area contributed by atoms with Gasteiger partial charge in [0.15, 0.2) is 0 Å². The van der Waals surface area contributed by atoms with Crippen molar-refractivity contribution in [2.45, 2.75) is 44.8 Å². The van der Waals surface area contributed by atoms with E-state index in [1.807, 2.05) is 51.1 Å². The first-order valence-corrected chi connectivity index (χ1v) is 6.63. The molecule has 1 unspecified atom stereocenters. The summed E-state index contributed by atoms with van der Waals surface area (Å²) < 4.78 is 0. The Morgan fingerprint density at radius 1 is 1.11 bits per heavy atom. The molecule has 3 heteroatoms. The van der Waals surface area contributed by atoms with Crippen molar-refractivity contribution in [1.29, 1.82) is 0 Å². The predicted octanol–water partition coefficient (Wildman–Crippen LogP) is 2.03. The molecule has 18 heavy (non-hydrogen) atoms. The Labute approximate surface area is 110 Å². The van der Waals surface area contributed by atoms with Gasteiger partial charge in [-0.1, -0.05) is 44.2 Å². The lowest BCUT2D eigenvalue weighted by molar-refractivity contribution is 0.0197. The predicted molar refractivity (Wildman–Crippen MR) is 74.4 cm³/mol. The molecule has 0 saturated heterocycles. The van der Waals surface area contributed by atoms with Crippen LogP contribution in [0.3, 0.4) is 0 Å². The number of aliphatic hydroxyl groups excluding tert-OH is 1. The molecule has 0 heterocycles. The van der Waals surface area contributed by atoms with Crippen LogP contribution >= 0.6 is 0 Å². The van der Waals surface area contributed by atoms with Gasteiger partial charge in [0.25, 0.3) is 0 Å². The topological polar surface area (TPSA) is 52.5 Å². The fourth-order valence-corrected chi connectivity index (χ4v) is 1.91. The number of benzene rings is 1. The molecule has 0 aliphatic carbocycles. The molecule has 1 aromatic rings. The summed E-state index contributed by atoms with van der Waals surface area (Å²) in [5, 5.41) is 23.2. The van der Waals surface area contributed by atoms with Crippen LogP contribution in [0.15, 0.2) is 30.3 Å². The van der Waals surface area contributed by atoms with Gasteiger partial charge < -0.3 is 15.5 Å². The first-order chi connectivity index (χ1) is 8.49. The standard InChI is InChI=1S/C15H25NO2/c1-4-15(18,5-2)11-16-14(3,12-17)13-9-7-6-8-10-13/h6-10,16-18H,4-5,11-12H2,1-3H3. The molecule has 1 aromatic carbocycles. The van der Waals surface area contributed by atoms with Crippen LogP contribution in [0, 0.1) is 0 Å².